The molecule has 170 valence electrons. The van der Waals surface area contributed by atoms with Gasteiger partial charge in [-0.3, -0.25) is 14.2 Å². The highest BCUT2D eigenvalue weighted by atomic mass is 32.2. The molecule has 2 aromatic rings. The van der Waals surface area contributed by atoms with Gasteiger partial charge >= 0.3 is 0 Å². The summed E-state index contributed by atoms with van der Waals surface area (Å²) in [6.07, 6.45) is 8.68. The van der Waals surface area contributed by atoms with Crippen LogP contribution in [0.2, 0.25) is 0 Å². The second-order valence-corrected chi connectivity index (χ2v) is 11.7. The predicted octanol–water partition coefficient (Wildman–Crippen LogP) is 5.26. The van der Waals surface area contributed by atoms with Crippen LogP contribution in [0, 0.1) is 5.92 Å². The molecule has 2 aliphatic rings. The Labute approximate surface area is 193 Å². The first-order valence-electron chi connectivity index (χ1n) is 11.9. The zero-order chi connectivity index (χ0) is 22.1. The fourth-order valence-corrected chi connectivity index (χ4v) is 7.23. The Balaban J connectivity index is 1.64. The van der Waals surface area contributed by atoms with Crippen molar-refractivity contribution in [3.05, 3.63) is 20.8 Å². The van der Waals surface area contributed by atoms with E-state index in [0.29, 0.717) is 35.5 Å². The topological polar surface area (TPSA) is 55.2 Å². The number of hydrogen-bond acceptors (Lipinski definition) is 5. The Hall–Kier alpha value is -1.34. The first-order valence-corrected chi connectivity index (χ1v) is 13.7. The van der Waals surface area contributed by atoms with Gasteiger partial charge in [0.1, 0.15) is 4.83 Å². The molecular weight excluding hydrogens is 426 g/mol. The Morgan fingerprint density at radius 1 is 1.16 bits per heavy atom. The van der Waals surface area contributed by atoms with E-state index in [1.807, 2.05) is 4.57 Å². The van der Waals surface area contributed by atoms with Gasteiger partial charge in [-0.05, 0) is 76.7 Å². The molecule has 1 saturated heterocycles. The minimum atomic E-state index is 0.0970. The van der Waals surface area contributed by atoms with Gasteiger partial charge in [0.2, 0.25) is 5.91 Å². The van der Waals surface area contributed by atoms with Crippen molar-refractivity contribution in [2.24, 2.45) is 5.92 Å². The van der Waals surface area contributed by atoms with Crippen LogP contribution < -0.4 is 5.56 Å². The number of aromatic nitrogens is 2. The highest BCUT2D eigenvalue weighted by molar-refractivity contribution is 7.99. The lowest BCUT2D eigenvalue weighted by molar-refractivity contribution is -0.134. The van der Waals surface area contributed by atoms with Crippen LogP contribution in [0.5, 0.6) is 0 Å². The van der Waals surface area contributed by atoms with Gasteiger partial charge in [0.25, 0.3) is 5.56 Å². The number of rotatable bonds is 6. The number of piperidine rings is 1. The summed E-state index contributed by atoms with van der Waals surface area (Å²) < 4.78 is 1.85. The molecule has 0 aromatic carbocycles. The average Bonchev–Trinajstić information content (AvgIpc) is 3.10. The molecule has 4 rings (SSSR count). The second-order valence-electron chi connectivity index (χ2n) is 9.64. The monoisotopic (exact) mass is 461 g/mol. The van der Waals surface area contributed by atoms with Crippen LogP contribution in [-0.2, 0) is 24.2 Å². The zero-order valence-electron chi connectivity index (χ0n) is 19.3. The number of fused-ring (bicyclic) bond motifs is 3. The number of aryl methyl sites for hydroxylation is 2. The maximum Gasteiger partial charge on any atom is 0.263 e. The van der Waals surface area contributed by atoms with E-state index in [9.17, 15) is 9.59 Å². The van der Waals surface area contributed by atoms with Crippen LogP contribution in [0.15, 0.2) is 9.95 Å². The largest absolute Gasteiger partial charge is 0.337 e. The van der Waals surface area contributed by atoms with Crippen molar-refractivity contribution in [3.8, 4) is 0 Å². The van der Waals surface area contributed by atoms with Crippen LogP contribution in [0.4, 0.5) is 0 Å². The van der Waals surface area contributed by atoms with E-state index < -0.39 is 0 Å². The molecule has 2 unspecified atom stereocenters. The van der Waals surface area contributed by atoms with Crippen molar-refractivity contribution < 1.29 is 4.79 Å². The number of thioether (sulfide) groups is 1. The average molecular weight is 462 g/mol. The van der Waals surface area contributed by atoms with Crippen LogP contribution in [0.25, 0.3) is 10.2 Å². The van der Waals surface area contributed by atoms with Gasteiger partial charge < -0.3 is 4.90 Å². The summed E-state index contributed by atoms with van der Waals surface area (Å²) in [6.45, 7) is 9.32. The number of likely N-dealkylation sites (tertiary alicyclic amines) is 1. The second kappa shape index (κ2) is 9.65. The lowest BCUT2D eigenvalue weighted by atomic mass is 9.97. The lowest BCUT2D eigenvalue weighted by Crippen LogP contribution is -2.48. The summed E-state index contributed by atoms with van der Waals surface area (Å²) in [5.74, 6) is 1.02. The van der Waals surface area contributed by atoms with Gasteiger partial charge in [-0.2, -0.15) is 0 Å². The van der Waals surface area contributed by atoms with E-state index in [0.717, 1.165) is 48.7 Å². The van der Waals surface area contributed by atoms with Crippen molar-refractivity contribution in [1.82, 2.24) is 14.5 Å². The third-order valence-corrected chi connectivity index (χ3v) is 8.92. The molecule has 1 aliphatic carbocycles. The Morgan fingerprint density at radius 3 is 2.58 bits per heavy atom. The molecule has 31 heavy (non-hydrogen) atoms. The smallest absolute Gasteiger partial charge is 0.263 e. The molecule has 0 spiro atoms. The minimum absolute atomic E-state index is 0.0970. The predicted molar refractivity (Wildman–Crippen MR) is 130 cm³/mol. The molecule has 7 heteroatoms. The minimum Gasteiger partial charge on any atom is -0.337 e. The van der Waals surface area contributed by atoms with Crippen molar-refractivity contribution in [1.29, 1.82) is 0 Å². The normalized spacial score (nSPS) is 21.6. The standard InChI is InChI=1S/C24H35N3O2S2/c1-15(2)12-13-26-23(29)21-18-10-5-6-11-19(18)31-22(21)25-24(26)30-14-20(28)27-16(3)8-7-9-17(27)4/h15-17H,5-14H2,1-4H3. The summed E-state index contributed by atoms with van der Waals surface area (Å²) in [5.41, 5.74) is 1.34. The fraction of sp³-hybridized carbons (Fsp3) is 0.708. The highest BCUT2D eigenvalue weighted by Crippen LogP contribution is 2.35. The third kappa shape index (κ3) is 4.72. The molecule has 3 heterocycles. The number of amides is 1. The Bertz CT molecular complexity index is 1000. The first-order chi connectivity index (χ1) is 14.9. The van der Waals surface area contributed by atoms with Crippen LogP contribution in [0.1, 0.15) is 76.7 Å². The number of hydrogen-bond donors (Lipinski definition) is 0. The number of thiophene rings is 1. The highest BCUT2D eigenvalue weighted by Gasteiger charge is 2.29. The molecule has 2 aromatic heterocycles. The maximum atomic E-state index is 13.6. The van der Waals surface area contributed by atoms with Gasteiger partial charge in [-0.25, -0.2) is 4.98 Å². The molecule has 5 nitrogen and oxygen atoms in total. The number of nitrogens with zero attached hydrogens (tertiary/aromatic N) is 3. The van der Waals surface area contributed by atoms with Crippen molar-refractivity contribution >= 4 is 39.2 Å². The summed E-state index contributed by atoms with van der Waals surface area (Å²) in [7, 11) is 0. The SMILES string of the molecule is CC(C)CCn1c(SCC(=O)N2C(C)CCCC2C)nc2sc3c(c2c1=O)CCCC3. The van der Waals surface area contributed by atoms with Gasteiger partial charge in [0.15, 0.2) is 5.16 Å². The van der Waals surface area contributed by atoms with Crippen molar-refractivity contribution in [3.63, 3.8) is 0 Å². The summed E-state index contributed by atoms with van der Waals surface area (Å²) >= 11 is 3.14. The summed E-state index contributed by atoms with van der Waals surface area (Å²) in [4.78, 5) is 35.8. The molecule has 0 bridgehead atoms. The van der Waals surface area contributed by atoms with E-state index in [4.69, 9.17) is 4.98 Å². The van der Waals surface area contributed by atoms with Crippen LogP contribution in [0.3, 0.4) is 0 Å². The van der Waals surface area contributed by atoms with E-state index in [2.05, 4.69) is 32.6 Å². The molecule has 1 fully saturated rings. The molecule has 0 radical (unpaired) electrons. The maximum absolute atomic E-state index is 13.6. The Kier molecular flexibility index (Phi) is 7.11. The molecule has 2 atom stereocenters. The van der Waals surface area contributed by atoms with Gasteiger partial charge in [-0.15, -0.1) is 11.3 Å². The van der Waals surface area contributed by atoms with Gasteiger partial charge in [-0.1, -0.05) is 25.6 Å². The Morgan fingerprint density at radius 2 is 1.87 bits per heavy atom. The molecule has 1 amide bonds. The van der Waals surface area contributed by atoms with E-state index >= 15 is 0 Å². The first kappa shape index (κ1) is 22.8. The van der Waals surface area contributed by atoms with E-state index in [1.54, 1.807) is 11.3 Å². The molecular formula is C24H35N3O2S2. The van der Waals surface area contributed by atoms with Crippen LogP contribution in [-0.4, -0.2) is 38.2 Å². The summed E-state index contributed by atoms with van der Waals surface area (Å²) in [6, 6.07) is 0.582. The molecule has 0 saturated carbocycles. The third-order valence-electron chi connectivity index (χ3n) is 6.78. The van der Waals surface area contributed by atoms with Crippen LogP contribution >= 0.6 is 23.1 Å². The number of carbonyl (C=O) groups excluding carboxylic acids is 1. The van der Waals surface area contributed by atoms with Crippen molar-refractivity contribution in [2.75, 3.05) is 5.75 Å². The summed E-state index contributed by atoms with van der Waals surface area (Å²) in [5, 5.41) is 1.56. The molecule has 1 aliphatic heterocycles. The molecule has 0 N–H and O–H groups in total. The van der Waals surface area contributed by atoms with E-state index in [-0.39, 0.29) is 11.5 Å². The number of carbonyl (C=O) groups is 1. The van der Waals surface area contributed by atoms with Gasteiger partial charge in [0, 0.05) is 23.5 Å². The quantitative estimate of drug-likeness (QED) is 0.435. The lowest BCUT2D eigenvalue weighted by Gasteiger charge is -2.39. The van der Waals surface area contributed by atoms with Crippen molar-refractivity contribution in [2.45, 2.75) is 103 Å². The fourth-order valence-electron chi connectivity index (χ4n) is 5.03. The zero-order valence-corrected chi connectivity index (χ0v) is 20.9. The van der Waals surface area contributed by atoms with E-state index in [1.165, 1.54) is 35.0 Å². The van der Waals surface area contributed by atoms with Gasteiger partial charge in [0.05, 0.1) is 11.1 Å².